The van der Waals surface area contributed by atoms with E-state index in [4.69, 9.17) is 10.5 Å². The van der Waals surface area contributed by atoms with Crippen LogP contribution >= 0.6 is 0 Å². The molecule has 1 aromatic carbocycles. The monoisotopic (exact) mass is 263 g/mol. The minimum atomic E-state index is -0.668. The summed E-state index contributed by atoms with van der Waals surface area (Å²) in [7, 11) is 1.56. The van der Waals surface area contributed by atoms with Crippen LogP contribution in [0.15, 0.2) is 24.3 Å². The Morgan fingerprint density at radius 3 is 3.00 bits per heavy atom. The molecular formula is C13H17N3O3. The SMILES string of the molecule is COCCC(N)C(=O)N1CC(=O)Nc2ccccc21. The van der Waals surface area contributed by atoms with Gasteiger partial charge in [-0.1, -0.05) is 12.1 Å². The van der Waals surface area contributed by atoms with E-state index in [2.05, 4.69) is 5.32 Å². The van der Waals surface area contributed by atoms with Crippen molar-refractivity contribution in [1.82, 2.24) is 0 Å². The van der Waals surface area contributed by atoms with E-state index in [1.165, 1.54) is 4.90 Å². The Kier molecular flexibility index (Phi) is 4.13. The molecule has 0 spiro atoms. The molecule has 1 aliphatic rings. The van der Waals surface area contributed by atoms with Crippen molar-refractivity contribution in [3.63, 3.8) is 0 Å². The summed E-state index contributed by atoms with van der Waals surface area (Å²) < 4.78 is 4.91. The van der Waals surface area contributed by atoms with Crippen LogP contribution in [0.3, 0.4) is 0 Å². The average Bonchev–Trinajstić information content (AvgIpc) is 2.42. The Morgan fingerprint density at radius 2 is 2.26 bits per heavy atom. The summed E-state index contributed by atoms with van der Waals surface area (Å²) in [5, 5.41) is 2.73. The fraction of sp³-hybridized carbons (Fsp3) is 0.385. The summed E-state index contributed by atoms with van der Waals surface area (Å²) in [6, 6.07) is 6.50. The van der Waals surface area contributed by atoms with Gasteiger partial charge in [-0.15, -0.1) is 0 Å². The molecule has 102 valence electrons. The van der Waals surface area contributed by atoms with Crippen LogP contribution < -0.4 is 16.0 Å². The lowest BCUT2D eigenvalue weighted by Gasteiger charge is -2.30. The molecule has 0 radical (unpaired) electrons. The minimum Gasteiger partial charge on any atom is -0.385 e. The third kappa shape index (κ3) is 2.91. The zero-order valence-electron chi connectivity index (χ0n) is 10.8. The number of rotatable bonds is 4. The van der Waals surface area contributed by atoms with Crippen LogP contribution in [0.2, 0.25) is 0 Å². The number of hydrogen-bond donors (Lipinski definition) is 2. The molecule has 1 aliphatic heterocycles. The molecule has 6 nitrogen and oxygen atoms in total. The molecular weight excluding hydrogens is 246 g/mol. The quantitative estimate of drug-likeness (QED) is 0.820. The number of anilines is 2. The highest BCUT2D eigenvalue weighted by Crippen LogP contribution is 2.29. The molecule has 6 heteroatoms. The predicted molar refractivity (Wildman–Crippen MR) is 71.9 cm³/mol. The van der Waals surface area contributed by atoms with Gasteiger partial charge in [0.25, 0.3) is 0 Å². The fourth-order valence-electron chi connectivity index (χ4n) is 2.00. The van der Waals surface area contributed by atoms with Crippen molar-refractivity contribution in [2.45, 2.75) is 12.5 Å². The maximum absolute atomic E-state index is 12.3. The van der Waals surface area contributed by atoms with Crippen molar-refractivity contribution < 1.29 is 14.3 Å². The largest absolute Gasteiger partial charge is 0.385 e. The first-order valence-electron chi connectivity index (χ1n) is 6.08. The van der Waals surface area contributed by atoms with E-state index in [0.717, 1.165) is 0 Å². The van der Waals surface area contributed by atoms with Gasteiger partial charge in [0.15, 0.2) is 0 Å². The maximum Gasteiger partial charge on any atom is 0.244 e. The Bertz CT molecular complexity index is 490. The number of nitrogens with two attached hydrogens (primary N) is 1. The van der Waals surface area contributed by atoms with Gasteiger partial charge in [-0.2, -0.15) is 0 Å². The van der Waals surface area contributed by atoms with Crippen molar-refractivity contribution in [2.75, 3.05) is 30.5 Å². The molecule has 0 saturated heterocycles. The summed E-state index contributed by atoms with van der Waals surface area (Å²) >= 11 is 0. The number of ether oxygens (including phenoxy) is 1. The van der Waals surface area contributed by atoms with Crippen molar-refractivity contribution in [3.05, 3.63) is 24.3 Å². The van der Waals surface area contributed by atoms with Crippen LogP contribution in [-0.4, -0.2) is 38.1 Å². The number of methoxy groups -OCH3 is 1. The molecule has 0 aromatic heterocycles. The van der Waals surface area contributed by atoms with E-state index in [1.54, 1.807) is 25.3 Å². The molecule has 2 rings (SSSR count). The summed E-state index contributed by atoms with van der Waals surface area (Å²) in [6.45, 7) is 0.408. The molecule has 0 saturated carbocycles. The van der Waals surface area contributed by atoms with Crippen LogP contribution in [0.1, 0.15) is 6.42 Å². The number of carbonyl (C=O) groups excluding carboxylic acids is 2. The Morgan fingerprint density at radius 1 is 1.53 bits per heavy atom. The summed E-state index contributed by atoms with van der Waals surface area (Å²) in [5.74, 6) is -0.481. The summed E-state index contributed by atoms with van der Waals surface area (Å²) in [4.78, 5) is 25.3. The maximum atomic E-state index is 12.3. The van der Waals surface area contributed by atoms with Gasteiger partial charge < -0.3 is 15.8 Å². The highest BCUT2D eigenvalue weighted by atomic mass is 16.5. The summed E-state index contributed by atoms with van der Waals surface area (Å²) in [5.41, 5.74) is 7.14. The smallest absolute Gasteiger partial charge is 0.244 e. The van der Waals surface area contributed by atoms with Gasteiger partial charge in [0.1, 0.15) is 6.54 Å². The van der Waals surface area contributed by atoms with Crippen LogP contribution in [-0.2, 0) is 14.3 Å². The molecule has 1 aromatic rings. The molecule has 0 bridgehead atoms. The van der Waals surface area contributed by atoms with Crippen LogP contribution in [0, 0.1) is 0 Å². The number of fused-ring (bicyclic) bond motifs is 1. The van der Waals surface area contributed by atoms with Gasteiger partial charge >= 0.3 is 0 Å². The second kappa shape index (κ2) is 5.81. The second-order valence-electron chi connectivity index (χ2n) is 4.38. The second-order valence-corrected chi connectivity index (χ2v) is 4.38. The van der Waals surface area contributed by atoms with Gasteiger partial charge in [0.2, 0.25) is 11.8 Å². The first-order chi connectivity index (χ1) is 9.13. The normalized spacial score (nSPS) is 15.7. The number of benzene rings is 1. The third-order valence-electron chi connectivity index (χ3n) is 2.99. The summed E-state index contributed by atoms with van der Waals surface area (Å²) in [6.07, 6.45) is 0.426. The fourth-order valence-corrected chi connectivity index (χ4v) is 2.00. The average molecular weight is 263 g/mol. The first-order valence-corrected chi connectivity index (χ1v) is 6.08. The number of nitrogens with zero attached hydrogens (tertiary/aromatic N) is 1. The van der Waals surface area contributed by atoms with Gasteiger partial charge in [0, 0.05) is 13.7 Å². The molecule has 1 heterocycles. The van der Waals surface area contributed by atoms with Crippen molar-refractivity contribution >= 4 is 23.2 Å². The Labute approximate surface area is 111 Å². The third-order valence-corrected chi connectivity index (χ3v) is 2.99. The van der Waals surface area contributed by atoms with Gasteiger partial charge in [-0.25, -0.2) is 0 Å². The number of amides is 2. The van der Waals surface area contributed by atoms with E-state index in [1.807, 2.05) is 6.07 Å². The molecule has 0 fully saturated rings. The molecule has 2 amide bonds. The molecule has 1 atom stereocenters. The topological polar surface area (TPSA) is 84.7 Å². The van der Waals surface area contributed by atoms with Crippen molar-refractivity contribution in [2.24, 2.45) is 5.73 Å². The van der Waals surface area contributed by atoms with E-state index >= 15 is 0 Å². The number of hydrogen-bond acceptors (Lipinski definition) is 4. The number of carbonyl (C=O) groups is 2. The zero-order chi connectivity index (χ0) is 13.8. The van der Waals surface area contributed by atoms with Crippen molar-refractivity contribution in [1.29, 1.82) is 0 Å². The first kappa shape index (κ1) is 13.5. The van der Waals surface area contributed by atoms with Gasteiger partial charge in [0.05, 0.1) is 17.4 Å². The Balaban J connectivity index is 2.20. The van der Waals surface area contributed by atoms with Crippen LogP contribution in [0.25, 0.3) is 0 Å². The predicted octanol–water partition coefficient (Wildman–Crippen LogP) is 0.336. The van der Waals surface area contributed by atoms with E-state index in [9.17, 15) is 9.59 Å². The minimum absolute atomic E-state index is 0.00344. The Hall–Kier alpha value is -1.92. The standard InChI is InChI=1S/C13H17N3O3/c1-19-7-6-9(14)13(18)16-8-12(17)15-10-4-2-3-5-11(10)16/h2-5,9H,6-8,14H2,1H3,(H,15,17). The number of para-hydroxylation sites is 2. The molecule has 3 N–H and O–H groups in total. The lowest BCUT2D eigenvalue weighted by molar-refractivity contribution is -0.123. The van der Waals surface area contributed by atoms with Gasteiger partial charge in [-0.05, 0) is 18.6 Å². The molecule has 19 heavy (non-hydrogen) atoms. The van der Waals surface area contributed by atoms with Crippen LogP contribution in [0.5, 0.6) is 0 Å². The van der Waals surface area contributed by atoms with Crippen molar-refractivity contribution in [3.8, 4) is 0 Å². The lowest BCUT2D eigenvalue weighted by atomic mass is 10.1. The highest BCUT2D eigenvalue weighted by Gasteiger charge is 2.29. The highest BCUT2D eigenvalue weighted by molar-refractivity contribution is 6.11. The van der Waals surface area contributed by atoms with E-state index < -0.39 is 6.04 Å². The van der Waals surface area contributed by atoms with E-state index in [0.29, 0.717) is 24.4 Å². The van der Waals surface area contributed by atoms with Crippen LogP contribution in [0.4, 0.5) is 11.4 Å². The molecule has 0 aliphatic carbocycles. The molecule has 1 unspecified atom stereocenters. The zero-order valence-corrected chi connectivity index (χ0v) is 10.8. The number of nitrogens with one attached hydrogen (secondary N) is 1. The lowest BCUT2D eigenvalue weighted by Crippen LogP contribution is -2.49. The van der Waals surface area contributed by atoms with Gasteiger partial charge in [-0.3, -0.25) is 14.5 Å². The van der Waals surface area contributed by atoms with E-state index in [-0.39, 0.29) is 18.4 Å².